The van der Waals surface area contributed by atoms with Crippen LogP contribution in [0.1, 0.15) is 18.9 Å². The summed E-state index contributed by atoms with van der Waals surface area (Å²) in [6, 6.07) is 10.4. The van der Waals surface area contributed by atoms with Crippen LogP contribution in [0.3, 0.4) is 0 Å². The van der Waals surface area contributed by atoms with Crippen LogP contribution in [0, 0.1) is 0 Å². The van der Waals surface area contributed by atoms with Crippen LogP contribution in [0.5, 0.6) is 0 Å². The Morgan fingerprint density at radius 1 is 1.31 bits per heavy atom. The fourth-order valence-electron chi connectivity index (χ4n) is 1.40. The molecule has 0 fully saturated rings. The Hall–Kier alpha value is -1.51. The van der Waals surface area contributed by atoms with Crippen molar-refractivity contribution in [3.05, 3.63) is 35.9 Å². The quantitative estimate of drug-likeness (QED) is 0.607. The Kier molecular flexibility index (Phi) is 5.40. The fraction of sp³-hybridized carbons (Fsp3) is 0.462. The summed E-state index contributed by atoms with van der Waals surface area (Å²) >= 11 is 0. The second-order valence-corrected chi connectivity index (χ2v) is 3.90. The molecular weight excluding hydrogens is 198 g/mol. The minimum absolute atomic E-state index is 0.637. The van der Waals surface area contributed by atoms with E-state index in [0.29, 0.717) is 5.96 Å². The Bertz CT molecular complexity index is 319. The van der Waals surface area contributed by atoms with Gasteiger partial charge in [-0.05, 0) is 18.4 Å². The number of nitrogens with zero attached hydrogens (tertiary/aromatic N) is 2. The molecular formula is C13H21N3. The molecule has 0 atom stereocenters. The molecule has 1 aromatic carbocycles. The molecule has 0 saturated carbocycles. The molecule has 16 heavy (non-hydrogen) atoms. The zero-order valence-electron chi connectivity index (χ0n) is 10.2. The van der Waals surface area contributed by atoms with Gasteiger partial charge >= 0.3 is 0 Å². The maximum atomic E-state index is 5.84. The predicted molar refractivity (Wildman–Crippen MR) is 69.6 cm³/mol. The molecule has 1 rings (SSSR count). The van der Waals surface area contributed by atoms with E-state index in [-0.39, 0.29) is 0 Å². The summed E-state index contributed by atoms with van der Waals surface area (Å²) in [6.45, 7) is 3.81. The molecule has 0 aliphatic heterocycles. The topological polar surface area (TPSA) is 41.6 Å². The van der Waals surface area contributed by atoms with Crippen molar-refractivity contribution in [2.45, 2.75) is 19.8 Å². The molecule has 3 nitrogen and oxygen atoms in total. The largest absolute Gasteiger partial charge is 0.370 e. The Balaban J connectivity index is 2.38. The summed E-state index contributed by atoms with van der Waals surface area (Å²) in [4.78, 5) is 6.28. The van der Waals surface area contributed by atoms with Crippen molar-refractivity contribution in [2.75, 3.05) is 20.1 Å². The smallest absolute Gasteiger partial charge is 0.190 e. The van der Waals surface area contributed by atoms with Crippen LogP contribution in [0.25, 0.3) is 0 Å². The highest BCUT2D eigenvalue weighted by Crippen LogP contribution is 2.00. The highest BCUT2D eigenvalue weighted by atomic mass is 15.2. The number of rotatable bonds is 5. The van der Waals surface area contributed by atoms with Crippen molar-refractivity contribution in [3.63, 3.8) is 0 Å². The van der Waals surface area contributed by atoms with Gasteiger partial charge < -0.3 is 10.6 Å². The molecule has 0 aromatic heterocycles. The zero-order chi connectivity index (χ0) is 11.8. The van der Waals surface area contributed by atoms with Crippen LogP contribution in [-0.4, -0.2) is 31.0 Å². The van der Waals surface area contributed by atoms with Gasteiger partial charge in [0.2, 0.25) is 0 Å². The average Bonchev–Trinajstić information content (AvgIpc) is 2.34. The molecule has 0 radical (unpaired) electrons. The lowest BCUT2D eigenvalue weighted by Crippen LogP contribution is -2.35. The Morgan fingerprint density at radius 2 is 2.00 bits per heavy atom. The second kappa shape index (κ2) is 6.88. The number of hydrogen-bond acceptors (Lipinski definition) is 1. The third-order valence-corrected chi connectivity index (χ3v) is 2.47. The third-order valence-electron chi connectivity index (χ3n) is 2.47. The van der Waals surface area contributed by atoms with E-state index >= 15 is 0 Å². The fourth-order valence-corrected chi connectivity index (χ4v) is 1.40. The highest BCUT2D eigenvalue weighted by Gasteiger charge is 2.01. The van der Waals surface area contributed by atoms with Crippen LogP contribution < -0.4 is 5.73 Å². The molecule has 0 spiro atoms. The summed E-state index contributed by atoms with van der Waals surface area (Å²) in [6.07, 6.45) is 2.03. The second-order valence-electron chi connectivity index (χ2n) is 3.90. The molecule has 1 aromatic rings. The minimum atomic E-state index is 0.637. The van der Waals surface area contributed by atoms with E-state index in [2.05, 4.69) is 36.2 Å². The molecule has 0 amide bonds. The Labute approximate surface area is 98.0 Å². The van der Waals surface area contributed by atoms with Crippen molar-refractivity contribution >= 4 is 5.96 Å². The molecule has 0 heterocycles. The van der Waals surface area contributed by atoms with Crippen LogP contribution in [0.4, 0.5) is 0 Å². The first kappa shape index (κ1) is 12.6. The van der Waals surface area contributed by atoms with Crippen molar-refractivity contribution < 1.29 is 0 Å². The number of likely N-dealkylation sites (N-methyl/N-ethyl adjacent to an activating group) is 1. The van der Waals surface area contributed by atoms with Crippen molar-refractivity contribution in [1.29, 1.82) is 0 Å². The number of benzene rings is 1. The van der Waals surface area contributed by atoms with Crippen LogP contribution in [0.2, 0.25) is 0 Å². The standard InChI is InChI=1S/C13H21N3/c1-3-10-15-13(14)16(2)11-9-12-7-5-4-6-8-12/h4-8H,3,9-11H2,1-2H3,(H2,14,15). The van der Waals surface area contributed by atoms with Gasteiger partial charge in [0.05, 0.1) is 0 Å². The molecule has 2 N–H and O–H groups in total. The molecule has 0 aliphatic carbocycles. The summed E-state index contributed by atoms with van der Waals surface area (Å²) in [7, 11) is 1.98. The summed E-state index contributed by atoms with van der Waals surface area (Å²) in [5.41, 5.74) is 7.17. The van der Waals surface area contributed by atoms with Crippen molar-refractivity contribution in [1.82, 2.24) is 4.90 Å². The SMILES string of the molecule is CCCN=C(N)N(C)CCc1ccccc1. The van der Waals surface area contributed by atoms with Crippen LogP contribution >= 0.6 is 0 Å². The number of guanidine groups is 1. The van der Waals surface area contributed by atoms with Gasteiger partial charge in [-0.15, -0.1) is 0 Å². The zero-order valence-corrected chi connectivity index (χ0v) is 10.2. The normalized spacial score (nSPS) is 11.5. The summed E-state index contributed by atoms with van der Waals surface area (Å²) in [5, 5.41) is 0. The van der Waals surface area contributed by atoms with Gasteiger partial charge in [-0.1, -0.05) is 37.3 Å². The number of hydrogen-bond donors (Lipinski definition) is 1. The van der Waals surface area contributed by atoms with Gasteiger partial charge in [-0.3, -0.25) is 4.99 Å². The van der Waals surface area contributed by atoms with Crippen LogP contribution in [-0.2, 0) is 6.42 Å². The maximum Gasteiger partial charge on any atom is 0.190 e. The number of nitrogens with two attached hydrogens (primary N) is 1. The average molecular weight is 219 g/mol. The van der Waals surface area contributed by atoms with E-state index < -0.39 is 0 Å². The van der Waals surface area contributed by atoms with E-state index in [1.807, 2.05) is 18.0 Å². The monoisotopic (exact) mass is 219 g/mol. The molecule has 0 bridgehead atoms. The first-order valence-electron chi connectivity index (χ1n) is 5.79. The predicted octanol–water partition coefficient (Wildman–Crippen LogP) is 1.89. The van der Waals surface area contributed by atoms with Gasteiger partial charge in [-0.2, -0.15) is 0 Å². The van der Waals surface area contributed by atoms with Crippen molar-refractivity contribution in [2.24, 2.45) is 10.7 Å². The Morgan fingerprint density at radius 3 is 2.62 bits per heavy atom. The maximum absolute atomic E-state index is 5.84. The molecule has 3 heteroatoms. The summed E-state index contributed by atoms with van der Waals surface area (Å²) in [5.74, 6) is 0.637. The lowest BCUT2D eigenvalue weighted by atomic mass is 10.1. The van der Waals surface area contributed by atoms with Crippen LogP contribution in [0.15, 0.2) is 35.3 Å². The van der Waals surface area contributed by atoms with E-state index in [4.69, 9.17) is 5.73 Å². The van der Waals surface area contributed by atoms with Gasteiger partial charge in [0.25, 0.3) is 0 Å². The molecule has 0 unspecified atom stereocenters. The third kappa shape index (κ3) is 4.34. The summed E-state index contributed by atoms with van der Waals surface area (Å²) < 4.78 is 0. The van der Waals surface area contributed by atoms with Gasteiger partial charge in [0.15, 0.2) is 5.96 Å². The van der Waals surface area contributed by atoms with Crippen molar-refractivity contribution in [3.8, 4) is 0 Å². The van der Waals surface area contributed by atoms with Gasteiger partial charge in [-0.25, -0.2) is 0 Å². The highest BCUT2D eigenvalue weighted by molar-refractivity contribution is 5.77. The molecule has 88 valence electrons. The number of aliphatic imine (C=N–C) groups is 1. The molecule has 0 saturated heterocycles. The first-order chi connectivity index (χ1) is 7.74. The van der Waals surface area contributed by atoms with E-state index in [9.17, 15) is 0 Å². The van der Waals surface area contributed by atoms with Gasteiger partial charge in [0, 0.05) is 20.1 Å². The van der Waals surface area contributed by atoms with E-state index in [1.54, 1.807) is 0 Å². The first-order valence-corrected chi connectivity index (χ1v) is 5.79. The molecule has 0 aliphatic rings. The van der Waals surface area contributed by atoms with Gasteiger partial charge in [0.1, 0.15) is 0 Å². The minimum Gasteiger partial charge on any atom is -0.370 e. The van der Waals surface area contributed by atoms with E-state index in [1.165, 1.54) is 5.56 Å². The lowest BCUT2D eigenvalue weighted by molar-refractivity contribution is 0.500. The lowest BCUT2D eigenvalue weighted by Gasteiger charge is -2.17. The van der Waals surface area contributed by atoms with E-state index in [0.717, 1.165) is 25.9 Å².